The molecule has 0 radical (unpaired) electrons. The number of pyridine rings is 2. The van der Waals surface area contributed by atoms with Crippen molar-refractivity contribution in [2.24, 2.45) is 0 Å². The van der Waals surface area contributed by atoms with Gasteiger partial charge in [-0.15, -0.1) is 0 Å². The third-order valence-electron chi connectivity index (χ3n) is 4.98. The van der Waals surface area contributed by atoms with Crippen LogP contribution in [0.25, 0.3) is 27.3 Å². The van der Waals surface area contributed by atoms with Crippen molar-refractivity contribution in [3.8, 4) is 11.6 Å². The van der Waals surface area contributed by atoms with Gasteiger partial charge in [-0.1, -0.05) is 11.6 Å². The van der Waals surface area contributed by atoms with Gasteiger partial charge in [-0.05, 0) is 38.1 Å². The number of nitrogens with zero attached hydrogens (tertiary/aromatic N) is 7. The number of aryl methyl sites for hydroxylation is 1. The number of aromatic amines is 1. The first kappa shape index (κ1) is 11.0. The van der Waals surface area contributed by atoms with Gasteiger partial charge >= 0.3 is 0 Å². The van der Waals surface area contributed by atoms with Gasteiger partial charge in [0.05, 0.1) is 50.2 Å². The molecular weight excluding hydrogens is 472 g/mol. The average molecular weight is 514 g/mol. The summed E-state index contributed by atoms with van der Waals surface area (Å²) in [5.41, 5.74) is -5.04. The standard InChI is InChI=1S/C26H24N8O3/c1-15-5-6-19(28-11-15)22(27-3)17-7-9-33(10-8-17)26(36)24(35)18-12-29-23-21(18)20(37-4)13-30-25(23)34-14-31-16(2)32-34/h5-6,11-14,29H,7-10H2,1-2,4H3/i2D3,4D3,5D,6D,7D2,8D2,9D2,10D2,11D. The van der Waals surface area contributed by atoms with Gasteiger partial charge in [-0.25, -0.2) is 19.5 Å². The first-order valence-corrected chi connectivity index (χ1v) is 10.1. The number of likely N-dealkylation sites (tertiary alicyclic amines) is 1. The normalized spacial score (nSPS) is 26.3. The minimum atomic E-state index is -4.02. The van der Waals surface area contributed by atoms with E-state index < -0.39 is 114 Å². The molecule has 11 heteroatoms. The van der Waals surface area contributed by atoms with E-state index in [1.54, 1.807) is 0 Å². The van der Waals surface area contributed by atoms with Gasteiger partial charge in [-0.2, -0.15) is 5.10 Å². The molecule has 11 nitrogen and oxygen atoms in total. The number of ether oxygens (including phenoxy) is 1. The van der Waals surface area contributed by atoms with Crippen molar-refractivity contribution < 1.29 is 37.6 Å². The van der Waals surface area contributed by atoms with Gasteiger partial charge in [0.15, 0.2) is 5.82 Å². The fraction of sp³-hybridized carbons (Fsp3) is 0.269. The molecule has 5 heterocycles. The number of methoxy groups -OCH3 is 1. The topological polar surface area (TPSA) is 123 Å². The zero-order chi connectivity index (χ0) is 40.9. The molecule has 1 N–H and O–H groups in total. The molecule has 186 valence electrons. The minimum Gasteiger partial charge on any atom is -0.494 e. The van der Waals surface area contributed by atoms with Crippen LogP contribution in [0.15, 0.2) is 42.6 Å². The second kappa shape index (κ2) is 9.66. The van der Waals surface area contributed by atoms with Crippen molar-refractivity contribution in [1.82, 2.24) is 34.6 Å². The van der Waals surface area contributed by atoms with Crippen molar-refractivity contribution in [2.45, 2.75) is 26.5 Å². The van der Waals surface area contributed by atoms with Crippen LogP contribution >= 0.6 is 0 Å². The Morgan fingerprint density at radius 2 is 2.11 bits per heavy atom. The van der Waals surface area contributed by atoms with Crippen LogP contribution in [-0.2, 0) is 4.79 Å². The maximum atomic E-state index is 14.0. The van der Waals surface area contributed by atoms with E-state index >= 15 is 0 Å². The first-order valence-electron chi connectivity index (χ1n) is 18.6. The quantitative estimate of drug-likeness (QED) is 0.247. The molecule has 1 saturated heterocycles. The van der Waals surface area contributed by atoms with E-state index in [1.807, 2.05) is 0 Å². The number of aromatic nitrogens is 6. The molecule has 1 amide bonds. The Hall–Kier alpha value is -4.85. The number of hydrogen-bond acceptors (Lipinski definition) is 7. The maximum absolute atomic E-state index is 14.0. The highest BCUT2D eigenvalue weighted by molar-refractivity contribution is 6.45. The summed E-state index contributed by atoms with van der Waals surface area (Å²) in [5, 5.41) is 3.26. The molecule has 1 fully saturated rings. The summed E-state index contributed by atoms with van der Waals surface area (Å²) in [5.74, 6) is -5.69. The number of ketones is 1. The highest BCUT2D eigenvalue weighted by Gasteiger charge is 2.30. The zero-order valence-corrected chi connectivity index (χ0v) is 18.6. The molecule has 0 saturated carbocycles. The number of carbonyl (C=O) groups excluding carboxylic acids is 2. The molecule has 1 aliphatic rings. The number of amides is 1. The van der Waals surface area contributed by atoms with E-state index in [9.17, 15) is 9.59 Å². The van der Waals surface area contributed by atoms with Gasteiger partial charge in [0, 0.05) is 40.4 Å². The average Bonchev–Trinajstić information content (AvgIpc) is 3.71. The lowest BCUT2D eigenvalue weighted by Gasteiger charge is -2.28. The minimum absolute atomic E-state index is 0.136. The SMILES string of the molecule is [2H]c1nc(C([N+]#[C-])=C2C([2H])([2H])C([2H])([2H])N(C(=O)C(=O)c3c[nH]c4c(-n5cnc(C([2H])([2H])[2H])n5)ncc(OC([2H])([2H])[2H])c34)C([2H])([2H])C2([2H])[2H])c([2H])c([2H])c1C. The number of piperidine rings is 1. The molecule has 0 bridgehead atoms. The summed E-state index contributed by atoms with van der Waals surface area (Å²) < 4.78 is 145. The van der Waals surface area contributed by atoms with Gasteiger partial charge in [0.2, 0.25) is 5.70 Å². The molecule has 0 aliphatic carbocycles. The Morgan fingerprint density at radius 3 is 2.84 bits per heavy atom. The van der Waals surface area contributed by atoms with E-state index in [1.165, 1.54) is 6.92 Å². The lowest BCUT2D eigenvalue weighted by molar-refractivity contribution is -0.126. The monoisotopic (exact) mass is 513 g/mol. The Labute approximate surface area is 236 Å². The van der Waals surface area contributed by atoms with Crippen LogP contribution in [-0.4, -0.2) is 66.3 Å². The van der Waals surface area contributed by atoms with E-state index in [0.717, 1.165) is 23.4 Å². The van der Waals surface area contributed by atoms with Crippen LogP contribution in [0.2, 0.25) is 0 Å². The summed E-state index contributed by atoms with van der Waals surface area (Å²) in [4.78, 5) is 44.4. The molecule has 4 aromatic heterocycles. The summed E-state index contributed by atoms with van der Waals surface area (Å²) in [6, 6.07) is -1.54. The third-order valence-corrected chi connectivity index (χ3v) is 4.98. The Morgan fingerprint density at radius 1 is 1.27 bits per heavy atom. The van der Waals surface area contributed by atoms with Crippen LogP contribution in [0, 0.1) is 20.3 Å². The number of hydrogen-bond donors (Lipinski definition) is 1. The predicted octanol–water partition coefficient (Wildman–Crippen LogP) is 3.30. The van der Waals surface area contributed by atoms with Crippen LogP contribution in [0.1, 0.15) is 63.5 Å². The van der Waals surface area contributed by atoms with Gasteiger partial charge in [0.25, 0.3) is 11.7 Å². The number of H-pyrrole nitrogens is 1. The number of rotatable bonds is 5. The number of carbonyl (C=O) groups is 2. The van der Waals surface area contributed by atoms with Crippen LogP contribution in [0.4, 0.5) is 0 Å². The van der Waals surface area contributed by atoms with Crippen LogP contribution < -0.4 is 4.74 Å². The molecule has 4 aromatic rings. The fourth-order valence-electron chi connectivity index (χ4n) is 3.31. The lowest BCUT2D eigenvalue weighted by Crippen LogP contribution is -2.40. The van der Waals surface area contributed by atoms with E-state index in [4.69, 9.17) is 34.6 Å². The molecule has 0 aromatic carbocycles. The van der Waals surface area contributed by atoms with Crippen molar-refractivity contribution in [1.29, 1.82) is 0 Å². The smallest absolute Gasteiger partial charge is 0.295 e. The molecule has 5 rings (SSSR count). The number of nitrogens with one attached hydrogen (secondary N) is 1. The molecule has 0 spiro atoms. The fourth-order valence-corrected chi connectivity index (χ4v) is 3.31. The number of fused-ring (bicyclic) bond motifs is 1. The second-order valence-electron chi connectivity index (χ2n) is 7.24. The predicted molar refractivity (Wildman–Crippen MR) is 135 cm³/mol. The van der Waals surface area contributed by atoms with Crippen LogP contribution in [0.3, 0.4) is 0 Å². The van der Waals surface area contributed by atoms with Crippen molar-refractivity contribution in [2.75, 3.05) is 20.0 Å². The molecular formula is C26H24N8O3. The Balaban J connectivity index is 1.71. The van der Waals surface area contributed by atoms with Gasteiger partial charge < -0.3 is 14.6 Å². The maximum Gasteiger partial charge on any atom is 0.295 e. The zero-order valence-electron chi connectivity index (χ0n) is 35.6. The number of Topliss-reactive ketones (excluding diaryl/α,β-unsaturated/α-hetero) is 1. The highest BCUT2D eigenvalue weighted by Crippen LogP contribution is 2.32. The highest BCUT2D eigenvalue weighted by atomic mass is 16.5. The summed E-state index contributed by atoms with van der Waals surface area (Å²) >= 11 is 0. The third kappa shape index (κ3) is 4.33. The largest absolute Gasteiger partial charge is 0.494 e. The van der Waals surface area contributed by atoms with Crippen molar-refractivity contribution >= 4 is 28.3 Å². The summed E-state index contributed by atoms with van der Waals surface area (Å²) in [6.07, 6.45) is -5.99. The van der Waals surface area contributed by atoms with Gasteiger partial charge in [-0.3, -0.25) is 14.6 Å². The van der Waals surface area contributed by atoms with Crippen molar-refractivity contribution in [3.05, 3.63) is 76.6 Å². The Kier molecular flexibility index (Phi) is 2.88. The second-order valence-corrected chi connectivity index (χ2v) is 7.24. The van der Waals surface area contributed by atoms with E-state index in [0.29, 0.717) is 0 Å². The lowest BCUT2D eigenvalue weighted by atomic mass is 9.99. The van der Waals surface area contributed by atoms with Crippen molar-refractivity contribution in [3.63, 3.8) is 0 Å². The van der Waals surface area contributed by atoms with E-state index in [-0.39, 0.29) is 16.9 Å². The molecule has 37 heavy (non-hydrogen) atoms. The summed E-state index contributed by atoms with van der Waals surface area (Å²) in [7, 11) is -3.20. The summed E-state index contributed by atoms with van der Waals surface area (Å²) in [6.45, 7) is -1.87. The Bertz CT molecular complexity index is 2290. The molecule has 0 unspecified atom stereocenters. The van der Waals surface area contributed by atoms with Gasteiger partial charge in [0.1, 0.15) is 17.9 Å². The first-order chi connectivity index (χ1) is 24.5. The molecule has 0 atom stereocenters. The molecule has 1 aliphatic heterocycles. The van der Waals surface area contributed by atoms with E-state index in [2.05, 4.69) is 29.9 Å². The van der Waals surface area contributed by atoms with Crippen LogP contribution in [0.5, 0.6) is 5.75 Å².